The first kappa shape index (κ1) is 21.7. The smallest absolute Gasteiger partial charge is 0.283 e. The summed E-state index contributed by atoms with van der Waals surface area (Å²) >= 11 is 1.24. The van der Waals surface area contributed by atoms with Crippen molar-refractivity contribution in [3.05, 3.63) is 83.7 Å². The molecule has 2 aromatic carbocycles. The number of nitrogens with one attached hydrogen (secondary N) is 1. The Hall–Kier alpha value is -4.11. The number of aliphatic imine (C=N–C) groups is 1. The molecular weight excluding hydrogens is 450 g/mol. The quantitative estimate of drug-likeness (QED) is 0.535. The maximum atomic E-state index is 12.8. The van der Waals surface area contributed by atoms with Crippen LogP contribution in [-0.4, -0.2) is 45.2 Å². The molecule has 1 N–H and O–H groups in total. The topological polar surface area (TPSA) is 92.3 Å². The lowest BCUT2D eigenvalue weighted by Gasteiger charge is -2.20. The van der Waals surface area contributed by atoms with Gasteiger partial charge in [-0.05, 0) is 72.8 Å². The normalized spacial score (nSPS) is 16.4. The second-order valence-corrected chi connectivity index (χ2v) is 8.61. The number of para-hydroxylation sites is 1. The monoisotopic (exact) mass is 471 g/mol. The van der Waals surface area contributed by atoms with Gasteiger partial charge in [-0.1, -0.05) is 18.2 Å². The third-order valence-corrected chi connectivity index (χ3v) is 6.25. The number of ether oxygens (including phenoxy) is 2. The summed E-state index contributed by atoms with van der Waals surface area (Å²) in [5.74, 6) is 1.04. The number of amides is 1. The number of carbonyl (C=O) groups is 1. The highest BCUT2D eigenvalue weighted by atomic mass is 32.2. The molecule has 0 saturated heterocycles. The van der Waals surface area contributed by atoms with E-state index in [0.717, 1.165) is 28.4 Å². The Morgan fingerprint density at radius 3 is 2.65 bits per heavy atom. The van der Waals surface area contributed by atoms with Gasteiger partial charge < -0.3 is 14.0 Å². The standard InChI is InChI=1S/C25H21N5O3S/c1-16-6-3-4-8-21(16)33-15-22-28-30-23(26)20(24(31)27-25(30)34-22)14-18-7-5-13-29(18)17-9-11-19(32-2)12-10-17/h3-14,26H,15H2,1-2H3/b20-14+,26-23?. The van der Waals surface area contributed by atoms with Crippen LogP contribution in [0.2, 0.25) is 0 Å². The Kier molecular flexibility index (Phi) is 5.77. The third kappa shape index (κ3) is 4.13. The molecule has 2 aliphatic rings. The molecule has 0 radical (unpaired) electrons. The minimum absolute atomic E-state index is 0.0177. The van der Waals surface area contributed by atoms with Crippen LogP contribution in [-0.2, 0) is 4.79 Å². The largest absolute Gasteiger partial charge is 0.497 e. The SMILES string of the molecule is COc1ccc(-n2cccc2/C=C2\C(=N)N3N=C(COc4ccccc4C)SC3=NC2=O)cc1. The van der Waals surface area contributed by atoms with Crippen molar-refractivity contribution in [3.8, 4) is 17.2 Å². The lowest BCUT2D eigenvalue weighted by molar-refractivity contribution is -0.114. The van der Waals surface area contributed by atoms with E-state index in [0.29, 0.717) is 10.2 Å². The Bertz CT molecular complexity index is 1370. The number of methoxy groups -OCH3 is 1. The van der Waals surface area contributed by atoms with Gasteiger partial charge in [-0.25, -0.2) is 0 Å². The van der Waals surface area contributed by atoms with Crippen LogP contribution in [0.1, 0.15) is 11.3 Å². The van der Waals surface area contributed by atoms with Crippen LogP contribution in [0.4, 0.5) is 0 Å². The number of fused-ring (bicyclic) bond motifs is 1. The van der Waals surface area contributed by atoms with Gasteiger partial charge in [-0.15, -0.1) is 0 Å². The van der Waals surface area contributed by atoms with Gasteiger partial charge in [0.2, 0.25) is 5.17 Å². The van der Waals surface area contributed by atoms with Crippen molar-refractivity contribution in [2.45, 2.75) is 6.92 Å². The number of hydrazone groups is 1. The molecule has 0 bridgehead atoms. The van der Waals surface area contributed by atoms with Crippen LogP contribution < -0.4 is 9.47 Å². The summed E-state index contributed by atoms with van der Waals surface area (Å²) in [6.07, 6.45) is 3.56. The van der Waals surface area contributed by atoms with Crippen molar-refractivity contribution in [2.24, 2.45) is 10.1 Å². The van der Waals surface area contributed by atoms with Gasteiger partial charge in [0, 0.05) is 17.6 Å². The molecule has 9 heteroatoms. The number of aryl methyl sites for hydroxylation is 1. The molecule has 0 atom stereocenters. The Labute approximate surface area is 200 Å². The summed E-state index contributed by atoms with van der Waals surface area (Å²) in [7, 11) is 1.62. The highest BCUT2D eigenvalue weighted by Gasteiger charge is 2.36. The second kappa shape index (κ2) is 9.03. The van der Waals surface area contributed by atoms with Crippen LogP contribution in [0.5, 0.6) is 11.5 Å². The first-order valence-electron chi connectivity index (χ1n) is 10.5. The van der Waals surface area contributed by atoms with Gasteiger partial charge >= 0.3 is 0 Å². The molecule has 1 amide bonds. The molecule has 3 heterocycles. The molecule has 5 rings (SSSR count). The van der Waals surface area contributed by atoms with E-state index in [1.807, 2.05) is 78.4 Å². The van der Waals surface area contributed by atoms with Crippen LogP contribution in [0, 0.1) is 12.3 Å². The molecule has 0 aliphatic carbocycles. The number of benzene rings is 2. The third-order valence-electron chi connectivity index (χ3n) is 5.36. The second-order valence-electron chi connectivity index (χ2n) is 7.57. The van der Waals surface area contributed by atoms with E-state index in [1.165, 1.54) is 16.8 Å². The lowest BCUT2D eigenvalue weighted by atomic mass is 10.1. The summed E-state index contributed by atoms with van der Waals surface area (Å²) in [6, 6.07) is 19.1. The maximum absolute atomic E-state index is 12.8. The zero-order chi connectivity index (χ0) is 23.7. The number of carbonyl (C=O) groups excluding carboxylic acids is 1. The Morgan fingerprint density at radius 2 is 1.88 bits per heavy atom. The lowest BCUT2D eigenvalue weighted by Crippen LogP contribution is -2.35. The number of thioether (sulfide) groups is 1. The zero-order valence-corrected chi connectivity index (χ0v) is 19.4. The Balaban J connectivity index is 1.38. The fourth-order valence-electron chi connectivity index (χ4n) is 3.59. The van der Waals surface area contributed by atoms with E-state index >= 15 is 0 Å². The average Bonchev–Trinajstić information content (AvgIpc) is 3.48. The molecule has 3 aromatic rings. The average molecular weight is 472 g/mol. The minimum Gasteiger partial charge on any atom is -0.497 e. The van der Waals surface area contributed by atoms with Crippen molar-refractivity contribution < 1.29 is 14.3 Å². The number of rotatable bonds is 6. The molecular formula is C25H21N5O3S. The van der Waals surface area contributed by atoms with Crippen molar-refractivity contribution in [2.75, 3.05) is 13.7 Å². The van der Waals surface area contributed by atoms with E-state index in [1.54, 1.807) is 13.2 Å². The van der Waals surface area contributed by atoms with E-state index < -0.39 is 5.91 Å². The fourth-order valence-corrected chi connectivity index (χ4v) is 4.38. The highest BCUT2D eigenvalue weighted by molar-refractivity contribution is 8.27. The van der Waals surface area contributed by atoms with Crippen molar-refractivity contribution in [1.29, 1.82) is 5.41 Å². The molecule has 0 spiro atoms. The summed E-state index contributed by atoms with van der Waals surface area (Å²) in [5, 5.41) is 15.5. The summed E-state index contributed by atoms with van der Waals surface area (Å²) in [4.78, 5) is 17.0. The summed E-state index contributed by atoms with van der Waals surface area (Å²) in [5.41, 5.74) is 2.84. The van der Waals surface area contributed by atoms with Crippen molar-refractivity contribution >= 4 is 39.8 Å². The first-order valence-corrected chi connectivity index (χ1v) is 11.3. The van der Waals surface area contributed by atoms with Crippen LogP contribution >= 0.6 is 11.8 Å². The van der Waals surface area contributed by atoms with Crippen molar-refractivity contribution in [3.63, 3.8) is 0 Å². The number of hydrogen-bond acceptors (Lipinski definition) is 6. The highest BCUT2D eigenvalue weighted by Crippen LogP contribution is 2.29. The number of amidine groups is 2. The van der Waals surface area contributed by atoms with Gasteiger partial charge in [-0.2, -0.15) is 15.1 Å². The van der Waals surface area contributed by atoms with E-state index in [-0.39, 0.29) is 18.0 Å². The summed E-state index contributed by atoms with van der Waals surface area (Å²) in [6.45, 7) is 2.20. The molecule has 0 unspecified atom stereocenters. The minimum atomic E-state index is -0.470. The molecule has 1 aromatic heterocycles. The van der Waals surface area contributed by atoms with Crippen LogP contribution in [0.15, 0.2) is 82.5 Å². The fraction of sp³-hybridized carbons (Fsp3) is 0.120. The van der Waals surface area contributed by atoms with Crippen LogP contribution in [0.3, 0.4) is 0 Å². The zero-order valence-electron chi connectivity index (χ0n) is 18.6. The van der Waals surface area contributed by atoms with Crippen LogP contribution in [0.25, 0.3) is 11.8 Å². The van der Waals surface area contributed by atoms with E-state index in [9.17, 15) is 4.79 Å². The van der Waals surface area contributed by atoms with Gasteiger partial charge in [0.1, 0.15) is 23.1 Å². The molecule has 34 heavy (non-hydrogen) atoms. The van der Waals surface area contributed by atoms with Crippen molar-refractivity contribution in [1.82, 2.24) is 9.58 Å². The van der Waals surface area contributed by atoms with E-state index in [4.69, 9.17) is 14.9 Å². The molecule has 8 nitrogen and oxygen atoms in total. The first-order chi connectivity index (χ1) is 16.5. The molecule has 2 aliphatic heterocycles. The number of aromatic nitrogens is 1. The van der Waals surface area contributed by atoms with Gasteiger partial charge in [0.05, 0.1) is 12.7 Å². The maximum Gasteiger partial charge on any atom is 0.283 e. The number of nitrogens with zero attached hydrogens (tertiary/aromatic N) is 4. The van der Waals surface area contributed by atoms with E-state index in [2.05, 4.69) is 10.1 Å². The van der Waals surface area contributed by atoms with Gasteiger partial charge in [0.15, 0.2) is 5.84 Å². The van der Waals surface area contributed by atoms with Gasteiger partial charge in [0.25, 0.3) is 5.91 Å². The molecule has 0 saturated carbocycles. The summed E-state index contributed by atoms with van der Waals surface area (Å²) < 4.78 is 13.0. The predicted molar refractivity (Wildman–Crippen MR) is 134 cm³/mol. The molecule has 170 valence electrons. The molecule has 0 fully saturated rings. The number of hydrogen-bond donors (Lipinski definition) is 1. The Morgan fingerprint density at radius 1 is 1.09 bits per heavy atom. The predicted octanol–water partition coefficient (Wildman–Crippen LogP) is 4.49. The van der Waals surface area contributed by atoms with Gasteiger partial charge in [-0.3, -0.25) is 10.2 Å².